The number of hydrogen-bond donors (Lipinski definition) is 3. The monoisotopic (exact) mass is 265 g/mol. The average molecular weight is 265 g/mol. The van der Waals surface area contributed by atoms with Crippen molar-refractivity contribution in [1.29, 1.82) is 0 Å². The summed E-state index contributed by atoms with van der Waals surface area (Å²) in [4.78, 5) is 10.7. The molecule has 7 heteroatoms. The molecule has 1 aliphatic carbocycles. The quantitative estimate of drug-likeness (QED) is 0.645. The van der Waals surface area contributed by atoms with Crippen LogP contribution in [0.25, 0.3) is 0 Å². The zero-order valence-electron chi connectivity index (χ0n) is 9.80. The van der Waals surface area contributed by atoms with E-state index in [0.717, 1.165) is 26.2 Å². The molecule has 0 aromatic rings. The highest BCUT2D eigenvalue weighted by molar-refractivity contribution is 7.90. The van der Waals surface area contributed by atoms with E-state index in [1.54, 1.807) is 0 Å². The van der Waals surface area contributed by atoms with E-state index in [1.807, 2.05) is 0 Å². The molecule has 3 N–H and O–H groups in total. The number of nitrogens with one attached hydrogen (secondary N) is 1. The van der Waals surface area contributed by atoms with Gasteiger partial charge in [0.25, 0.3) is 0 Å². The predicted molar refractivity (Wildman–Crippen MR) is 62.0 cm³/mol. The third-order valence-electron chi connectivity index (χ3n) is 3.27. The van der Waals surface area contributed by atoms with Gasteiger partial charge >= 0.3 is 5.97 Å². The fourth-order valence-corrected chi connectivity index (χ4v) is 3.23. The molecule has 0 radical (unpaired) electrons. The summed E-state index contributed by atoms with van der Waals surface area (Å²) in [5.41, 5.74) is 0. The third-order valence-corrected chi connectivity index (χ3v) is 5.04. The van der Waals surface area contributed by atoms with Gasteiger partial charge in [0.1, 0.15) is 0 Å². The van der Waals surface area contributed by atoms with E-state index in [1.165, 1.54) is 0 Å². The molecular formula is C10H19NO5S. The number of aliphatic carboxylic acids is 1. The molecule has 17 heavy (non-hydrogen) atoms. The minimum absolute atomic E-state index is 0.0748. The van der Waals surface area contributed by atoms with Crippen molar-refractivity contribution in [3.8, 4) is 0 Å². The van der Waals surface area contributed by atoms with E-state index in [-0.39, 0.29) is 18.6 Å². The van der Waals surface area contributed by atoms with Crippen LogP contribution in [0, 0.1) is 5.92 Å². The highest BCUT2D eigenvalue weighted by Gasteiger charge is 2.33. The van der Waals surface area contributed by atoms with Crippen LogP contribution in [0.2, 0.25) is 0 Å². The highest BCUT2D eigenvalue weighted by atomic mass is 32.2. The smallest absolute Gasteiger partial charge is 0.323 e. The Hall–Kier alpha value is -0.660. The Morgan fingerprint density at radius 3 is 2.53 bits per heavy atom. The standard InChI is InChI=1S/C10H19NO5S/c1-7(10(13)14)17(15,16)11-9-5-3-2-4-8(9)6-12/h7-9,11-12H,2-6H2,1H3,(H,13,14). The van der Waals surface area contributed by atoms with Crippen LogP contribution in [-0.4, -0.2) is 42.5 Å². The van der Waals surface area contributed by atoms with Gasteiger partial charge in [0.2, 0.25) is 10.0 Å². The van der Waals surface area contributed by atoms with Gasteiger partial charge in [-0.05, 0) is 25.7 Å². The van der Waals surface area contributed by atoms with Gasteiger partial charge in [0.15, 0.2) is 5.25 Å². The Kier molecular flexibility index (Phi) is 4.91. The normalized spacial score (nSPS) is 27.6. The van der Waals surface area contributed by atoms with E-state index < -0.39 is 21.2 Å². The van der Waals surface area contributed by atoms with Gasteiger partial charge in [-0.15, -0.1) is 0 Å². The summed E-state index contributed by atoms with van der Waals surface area (Å²) >= 11 is 0. The van der Waals surface area contributed by atoms with Crippen LogP contribution in [0.15, 0.2) is 0 Å². The molecule has 100 valence electrons. The third kappa shape index (κ3) is 3.65. The first kappa shape index (κ1) is 14.4. The molecule has 1 aliphatic rings. The molecule has 6 nitrogen and oxygen atoms in total. The lowest BCUT2D eigenvalue weighted by Gasteiger charge is -2.31. The lowest BCUT2D eigenvalue weighted by atomic mass is 9.86. The van der Waals surface area contributed by atoms with Crippen molar-refractivity contribution in [2.45, 2.75) is 43.9 Å². The van der Waals surface area contributed by atoms with Gasteiger partial charge in [-0.25, -0.2) is 13.1 Å². The molecule has 3 atom stereocenters. The minimum atomic E-state index is -3.86. The van der Waals surface area contributed by atoms with Crippen LogP contribution >= 0.6 is 0 Å². The van der Waals surface area contributed by atoms with Crippen molar-refractivity contribution in [1.82, 2.24) is 4.72 Å². The van der Waals surface area contributed by atoms with Crippen LogP contribution in [0.5, 0.6) is 0 Å². The zero-order chi connectivity index (χ0) is 13.1. The molecule has 0 aliphatic heterocycles. The fourth-order valence-electron chi connectivity index (χ4n) is 2.03. The summed E-state index contributed by atoms with van der Waals surface area (Å²) in [5, 5.41) is 16.4. The van der Waals surface area contributed by atoms with Crippen molar-refractivity contribution in [3.05, 3.63) is 0 Å². The fraction of sp³-hybridized carbons (Fsp3) is 0.900. The summed E-state index contributed by atoms with van der Waals surface area (Å²) in [7, 11) is -3.86. The Morgan fingerprint density at radius 2 is 2.00 bits per heavy atom. The Labute approximate surface area is 101 Å². The highest BCUT2D eigenvalue weighted by Crippen LogP contribution is 2.24. The number of aliphatic hydroxyl groups excluding tert-OH is 1. The van der Waals surface area contributed by atoms with Crippen LogP contribution in [-0.2, 0) is 14.8 Å². The van der Waals surface area contributed by atoms with E-state index >= 15 is 0 Å². The summed E-state index contributed by atoms with van der Waals surface area (Å²) in [6.07, 6.45) is 3.28. The summed E-state index contributed by atoms with van der Waals surface area (Å²) in [6.45, 7) is 1.07. The molecule has 0 heterocycles. The molecule has 1 rings (SSSR count). The lowest BCUT2D eigenvalue weighted by Crippen LogP contribution is -2.47. The summed E-state index contributed by atoms with van der Waals surface area (Å²) in [6, 6.07) is -0.347. The van der Waals surface area contributed by atoms with Gasteiger partial charge in [0, 0.05) is 12.6 Å². The molecule has 0 spiro atoms. The van der Waals surface area contributed by atoms with Gasteiger partial charge < -0.3 is 10.2 Å². The largest absolute Gasteiger partial charge is 0.480 e. The summed E-state index contributed by atoms with van der Waals surface area (Å²) < 4.78 is 25.9. The van der Waals surface area contributed by atoms with Crippen molar-refractivity contribution in [3.63, 3.8) is 0 Å². The second-order valence-corrected chi connectivity index (χ2v) is 6.51. The van der Waals surface area contributed by atoms with Gasteiger partial charge in [-0.1, -0.05) is 12.8 Å². The summed E-state index contributed by atoms with van der Waals surface area (Å²) in [5.74, 6) is -1.48. The molecule has 0 saturated heterocycles. The maximum Gasteiger partial charge on any atom is 0.323 e. The maximum atomic E-state index is 11.7. The van der Waals surface area contributed by atoms with E-state index in [2.05, 4.69) is 4.72 Å². The molecule has 1 saturated carbocycles. The minimum Gasteiger partial charge on any atom is -0.480 e. The lowest BCUT2D eigenvalue weighted by molar-refractivity contribution is -0.136. The van der Waals surface area contributed by atoms with E-state index in [4.69, 9.17) is 10.2 Å². The van der Waals surface area contributed by atoms with Gasteiger partial charge in [-0.2, -0.15) is 0 Å². The molecule has 0 amide bonds. The number of rotatable bonds is 5. The Morgan fingerprint density at radius 1 is 1.41 bits per heavy atom. The van der Waals surface area contributed by atoms with E-state index in [0.29, 0.717) is 6.42 Å². The molecule has 1 fully saturated rings. The SMILES string of the molecule is CC(C(=O)O)S(=O)(=O)NC1CCCCC1CO. The van der Waals surface area contributed by atoms with Gasteiger partial charge in [-0.3, -0.25) is 4.79 Å². The average Bonchev–Trinajstić information content (AvgIpc) is 2.28. The van der Waals surface area contributed by atoms with Crippen molar-refractivity contribution in [2.75, 3.05) is 6.61 Å². The Bertz CT molecular complexity index is 367. The molecule has 0 aromatic heterocycles. The first-order valence-electron chi connectivity index (χ1n) is 5.73. The van der Waals surface area contributed by atoms with Crippen LogP contribution in [0.4, 0.5) is 0 Å². The first-order valence-corrected chi connectivity index (χ1v) is 7.28. The van der Waals surface area contributed by atoms with Crippen molar-refractivity contribution >= 4 is 16.0 Å². The number of carboxylic acid groups (broad SMARTS) is 1. The van der Waals surface area contributed by atoms with Crippen molar-refractivity contribution in [2.24, 2.45) is 5.92 Å². The Balaban J connectivity index is 2.72. The zero-order valence-corrected chi connectivity index (χ0v) is 10.6. The second-order valence-electron chi connectivity index (χ2n) is 4.48. The van der Waals surface area contributed by atoms with E-state index in [9.17, 15) is 13.2 Å². The molecule has 0 aromatic carbocycles. The molecule has 0 bridgehead atoms. The molecular weight excluding hydrogens is 246 g/mol. The topological polar surface area (TPSA) is 104 Å². The number of carbonyl (C=O) groups is 1. The van der Waals surface area contributed by atoms with Gasteiger partial charge in [0.05, 0.1) is 0 Å². The first-order chi connectivity index (χ1) is 7.88. The van der Waals surface area contributed by atoms with Crippen LogP contribution in [0.3, 0.4) is 0 Å². The molecule has 3 unspecified atom stereocenters. The second kappa shape index (κ2) is 5.79. The number of hydrogen-bond acceptors (Lipinski definition) is 4. The number of aliphatic hydroxyl groups is 1. The number of carboxylic acids is 1. The van der Waals surface area contributed by atoms with Crippen LogP contribution < -0.4 is 4.72 Å². The van der Waals surface area contributed by atoms with Crippen LogP contribution in [0.1, 0.15) is 32.6 Å². The maximum absolute atomic E-state index is 11.7. The van der Waals surface area contributed by atoms with Crippen molar-refractivity contribution < 1.29 is 23.4 Å². The predicted octanol–water partition coefficient (Wildman–Crippen LogP) is -0.0700. The number of sulfonamides is 1.